The quantitative estimate of drug-likeness (QED) is 0.722. The van der Waals surface area contributed by atoms with E-state index in [1.54, 1.807) is 0 Å². The molecule has 1 saturated carbocycles. The molecule has 2 unspecified atom stereocenters. The fourth-order valence-electron chi connectivity index (χ4n) is 2.55. The maximum absolute atomic E-state index is 5.18. The Labute approximate surface area is 81.0 Å². The second kappa shape index (κ2) is 4.43. The highest BCUT2D eigenvalue weighted by Gasteiger charge is 2.28. The van der Waals surface area contributed by atoms with Crippen LogP contribution < -0.4 is 5.32 Å². The molecule has 2 fully saturated rings. The van der Waals surface area contributed by atoms with Crippen LogP contribution >= 0.6 is 0 Å². The van der Waals surface area contributed by atoms with Crippen LogP contribution in [-0.2, 0) is 4.74 Å². The number of nitrogens with one attached hydrogen (secondary N) is 1. The Balaban J connectivity index is 1.79. The molecule has 2 atom stereocenters. The second-order valence-corrected chi connectivity index (χ2v) is 4.46. The molecule has 1 heterocycles. The van der Waals surface area contributed by atoms with E-state index in [9.17, 15) is 0 Å². The summed E-state index contributed by atoms with van der Waals surface area (Å²) in [5, 5.41) is 3.73. The fraction of sp³-hybridized carbons (Fsp3) is 1.00. The van der Waals surface area contributed by atoms with E-state index in [0.29, 0.717) is 6.04 Å². The maximum atomic E-state index is 5.18. The molecule has 13 heavy (non-hydrogen) atoms. The van der Waals surface area contributed by atoms with Gasteiger partial charge in [-0.3, -0.25) is 0 Å². The molecule has 1 aliphatic heterocycles. The molecule has 1 saturated heterocycles. The molecule has 0 aromatic carbocycles. The van der Waals surface area contributed by atoms with Gasteiger partial charge >= 0.3 is 0 Å². The van der Waals surface area contributed by atoms with Crippen LogP contribution in [0, 0.1) is 5.92 Å². The Morgan fingerprint density at radius 2 is 2.00 bits per heavy atom. The molecule has 0 bridgehead atoms. The summed E-state index contributed by atoms with van der Waals surface area (Å²) in [7, 11) is 0. The zero-order chi connectivity index (χ0) is 9.10. The highest BCUT2D eigenvalue weighted by Crippen LogP contribution is 2.27. The first-order chi connectivity index (χ1) is 6.40. The second-order valence-electron chi connectivity index (χ2n) is 4.46. The van der Waals surface area contributed by atoms with Crippen molar-refractivity contribution in [1.29, 1.82) is 0 Å². The topological polar surface area (TPSA) is 21.3 Å². The van der Waals surface area contributed by atoms with Gasteiger partial charge in [0.05, 0.1) is 19.3 Å². The number of rotatable bonds is 3. The van der Waals surface area contributed by atoms with Crippen molar-refractivity contribution < 1.29 is 4.74 Å². The summed E-state index contributed by atoms with van der Waals surface area (Å²) < 4.78 is 5.18. The van der Waals surface area contributed by atoms with Gasteiger partial charge in [-0.15, -0.1) is 0 Å². The van der Waals surface area contributed by atoms with E-state index in [2.05, 4.69) is 12.2 Å². The van der Waals surface area contributed by atoms with Crippen molar-refractivity contribution in [2.45, 2.75) is 51.1 Å². The van der Waals surface area contributed by atoms with Crippen molar-refractivity contribution >= 4 is 0 Å². The van der Waals surface area contributed by atoms with Crippen molar-refractivity contribution in [3.05, 3.63) is 0 Å². The van der Waals surface area contributed by atoms with E-state index in [-0.39, 0.29) is 0 Å². The predicted octanol–water partition coefficient (Wildman–Crippen LogP) is 1.94. The Hall–Kier alpha value is -0.0800. The zero-order valence-corrected chi connectivity index (χ0v) is 8.59. The predicted molar refractivity (Wildman–Crippen MR) is 53.8 cm³/mol. The zero-order valence-electron chi connectivity index (χ0n) is 8.59. The standard InChI is InChI=1S/C11H21NO/c1-2-9-5-3-4-6-11(9)12-10-7-13-8-10/h9-12H,2-8H2,1H3. The molecular weight excluding hydrogens is 162 g/mol. The lowest BCUT2D eigenvalue weighted by Crippen LogP contribution is -2.53. The lowest BCUT2D eigenvalue weighted by atomic mass is 9.82. The van der Waals surface area contributed by atoms with Crippen molar-refractivity contribution in [3.63, 3.8) is 0 Å². The van der Waals surface area contributed by atoms with Gasteiger partial charge in [0.1, 0.15) is 0 Å². The van der Waals surface area contributed by atoms with Crippen LogP contribution in [0.5, 0.6) is 0 Å². The molecule has 2 aliphatic rings. The van der Waals surface area contributed by atoms with Crippen molar-refractivity contribution in [2.24, 2.45) is 5.92 Å². The van der Waals surface area contributed by atoms with E-state index in [4.69, 9.17) is 4.74 Å². The van der Waals surface area contributed by atoms with Gasteiger partial charge in [-0.1, -0.05) is 26.2 Å². The molecule has 2 heteroatoms. The van der Waals surface area contributed by atoms with Gasteiger partial charge in [0.25, 0.3) is 0 Å². The molecule has 2 rings (SSSR count). The van der Waals surface area contributed by atoms with Crippen LogP contribution in [0.2, 0.25) is 0 Å². The molecule has 0 spiro atoms. The Morgan fingerprint density at radius 1 is 1.23 bits per heavy atom. The Bertz CT molecular complexity index is 156. The van der Waals surface area contributed by atoms with E-state index >= 15 is 0 Å². The average Bonchev–Trinajstić information content (AvgIpc) is 2.12. The van der Waals surface area contributed by atoms with Gasteiger partial charge in [-0.2, -0.15) is 0 Å². The molecule has 0 radical (unpaired) electrons. The van der Waals surface area contributed by atoms with Crippen molar-refractivity contribution in [2.75, 3.05) is 13.2 Å². The minimum absolute atomic E-state index is 0.664. The fourth-order valence-corrected chi connectivity index (χ4v) is 2.55. The van der Waals surface area contributed by atoms with Gasteiger partial charge in [0, 0.05) is 6.04 Å². The molecule has 1 N–H and O–H groups in total. The third-order valence-electron chi connectivity index (χ3n) is 3.52. The number of hydrogen-bond donors (Lipinski definition) is 1. The van der Waals surface area contributed by atoms with Crippen molar-refractivity contribution in [1.82, 2.24) is 5.32 Å². The average molecular weight is 183 g/mol. The van der Waals surface area contributed by atoms with E-state index in [1.807, 2.05) is 0 Å². The minimum atomic E-state index is 0.664. The highest BCUT2D eigenvalue weighted by molar-refractivity contribution is 4.85. The molecule has 0 aromatic rings. The Morgan fingerprint density at radius 3 is 2.62 bits per heavy atom. The number of ether oxygens (including phenoxy) is 1. The third-order valence-corrected chi connectivity index (χ3v) is 3.52. The van der Waals surface area contributed by atoms with Gasteiger partial charge in [-0.05, 0) is 18.8 Å². The number of hydrogen-bond acceptors (Lipinski definition) is 2. The summed E-state index contributed by atoms with van der Waals surface area (Å²) in [4.78, 5) is 0. The molecule has 76 valence electrons. The van der Waals surface area contributed by atoms with E-state index in [1.165, 1.54) is 32.1 Å². The van der Waals surface area contributed by atoms with Gasteiger partial charge in [0.2, 0.25) is 0 Å². The molecule has 0 aromatic heterocycles. The largest absolute Gasteiger partial charge is 0.378 e. The monoisotopic (exact) mass is 183 g/mol. The van der Waals surface area contributed by atoms with Gasteiger partial charge in [-0.25, -0.2) is 0 Å². The van der Waals surface area contributed by atoms with E-state index < -0.39 is 0 Å². The van der Waals surface area contributed by atoms with Gasteiger partial charge < -0.3 is 10.1 Å². The summed E-state index contributed by atoms with van der Waals surface area (Å²) >= 11 is 0. The molecule has 2 nitrogen and oxygen atoms in total. The summed E-state index contributed by atoms with van der Waals surface area (Å²) in [5.74, 6) is 0.925. The summed E-state index contributed by atoms with van der Waals surface area (Å²) in [5.41, 5.74) is 0. The molecule has 1 aliphatic carbocycles. The lowest BCUT2D eigenvalue weighted by molar-refractivity contribution is -0.0158. The minimum Gasteiger partial charge on any atom is -0.378 e. The maximum Gasteiger partial charge on any atom is 0.0643 e. The first kappa shape index (κ1) is 9.47. The summed E-state index contributed by atoms with van der Waals surface area (Å²) in [6, 6.07) is 1.45. The van der Waals surface area contributed by atoms with Gasteiger partial charge in [0.15, 0.2) is 0 Å². The normalized spacial score (nSPS) is 35.8. The molecular formula is C11H21NO. The Kier molecular flexibility index (Phi) is 3.23. The summed E-state index contributed by atoms with van der Waals surface area (Å²) in [6.45, 7) is 4.20. The van der Waals surface area contributed by atoms with Crippen LogP contribution in [0.1, 0.15) is 39.0 Å². The van der Waals surface area contributed by atoms with Crippen LogP contribution in [0.3, 0.4) is 0 Å². The highest BCUT2D eigenvalue weighted by atomic mass is 16.5. The first-order valence-electron chi connectivity index (χ1n) is 5.74. The third kappa shape index (κ3) is 2.23. The first-order valence-corrected chi connectivity index (χ1v) is 5.74. The SMILES string of the molecule is CCC1CCCCC1NC1COC1. The van der Waals surface area contributed by atoms with Crippen LogP contribution in [0.4, 0.5) is 0 Å². The van der Waals surface area contributed by atoms with Crippen LogP contribution in [0.15, 0.2) is 0 Å². The van der Waals surface area contributed by atoms with E-state index in [0.717, 1.165) is 25.2 Å². The van der Waals surface area contributed by atoms with Crippen LogP contribution in [0.25, 0.3) is 0 Å². The smallest absolute Gasteiger partial charge is 0.0643 e. The summed E-state index contributed by atoms with van der Waals surface area (Å²) in [6.07, 6.45) is 7.02. The molecule has 0 amide bonds. The van der Waals surface area contributed by atoms with Crippen molar-refractivity contribution in [3.8, 4) is 0 Å². The van der Waals surface area contributed by atoms with Crippen LogP contribution in [-0.4, -0.2) is 25.3 Å². The lowest BCUT2D eigenvalue weighted by Gasteiger charge is -2.37.